The number of rotatable bonds is 2. The predicted molar refractivity (Wildman–Crippen MR) is 71.9 cm³/mol. The van der Waals surface area contributed by atoms with Crippen molar-refractivity contribution in [3.8, 4) is 0 Å². The van der Waals surface area contributed by atoms with Crippen LogP contribution in [0.5, 0.6) is 0 Å². The zero-order valence-corrected chi connectivity index (χ0v) is 11.0. The molecule has 3 nitrogen and oxygen atoms in total. The second-order valence-electron chi connectivity index (χ2n) is 4.72. The van der Waals surface area contributed by atoms with E-state index in [1.54, 1.807) is 0 Å². The number of hydrogen-bond acceptors (Lipinski definition) is 3. The molecule has 1 saturated heterocycles. The molecule has 4 heteroatoms. The van der Waals surface area contributed by atoms with Crippen LogP contribution >= 0.6 is 11.6 Å². The van der Waals surface area contributed by atoms with Gasteiger partial charge < -0.3 is 15.3 Å². The van der Waals surface area contributed by atoms with E-state index >= 15 is 0 Å². The number of aliphatic hydroxyl groups is 1. The molecule has 2 atom stereocenters. The Morgan fingerprint density at radius 3 is 2.94 bits per heavy atom. The van der Waals surface area contributed by atoms with Crippen molar-refractivity contribution in [1.82, 2.24) is 5.32 Å². The summed E-state index contributed by atoms with van der Waals surface area (Å²) in [6.45, 7) is 6.05. The largest absolute Gasteiger partial charge is 0.395 e. The smallest absolute Gasteiger partial charge is 0.0601 e. The zero-order chi connectivity index (χ0) is 12.4. The van der Waals surface area contributed by atoms with E-state index in [0.29, 0.717) is 6.04 Å². The highest BCUT2D eigenvalue weighted by molar-refractivity contribution is 6.31. The average molecular weight is 255 g/mol. The Balaban J connectivity index is 2.21. The van der Waals surface area contributed by atoms with Crippen molar-refractivity contribution < 1.29 is 5.11 Å². The summed E-state index contributed by atoms with van der Waals surface area (Å²) in [4.78, 5) is 2.29. The first-order chi connectivity index (χ1) is 8.11. The summed E-state index contributed by atoms with van der Waals surface area (Å²) in [6, 6.07) is 6.70. The van der Waals surface area contributed by atoms with E-state index in [0.717, 1.165) is 29.4 Å². The van der Waals surface area contributed by atoms with Gasteiger partial charge in [0.05, 0.1) is 6.61 Å². The van der Waals surface area contributed by atoms with Gasteiger partial charge in [-0.1, -0.05) is 17.7 Å². The molecule has 0 aliphatic carbocycles. The lowest BCUT2D eigenvalue weighted by Crippen LogP contribution is -2.56. The fourth-order valence-corrected chi connectivity index (χ4v) is 2.35. The fraction of sp³-hybridized carbons (Fsp3) is 0.538. The van der Waals surface area contributed by atoms with Crippen LogP contribution in [0.15, 0.2) is 18.2 Å². The summed E-state index contributed by atoms with van der Waals surface area (Å²) in [5.41, 5.74) is 2.23. The second kappa shape index (κ2) is 5.25. The van der Waals surface area contributed by atoms with Crippen molar-refractivity contribution in [3.63, 3.8) is 0 Å². The van der Waals surface area contributed by atoms with Gasteiger partial charge in [0.25, 0.3) is 0 Å². The van der Waals surface area contributed by atoms with Gasteiger partial charge >= 0.3 is 0 Å². The standard InChI is InChI=1S/C13H19ClN2O/c1-9-3-4-12(5-13(9)14)16-7-11(8-17)15-6-10(16)2/h3-5,10-11,15,17H,6-8H2,1-2H3. The molecule has 0 bridgehead atoms. The number of aliphatic hydroxyl groups excluding tert-OH is 1. The highest BCUT2D eigenvalue weighted by Gasteiger charge is 2.24. The van der Waals surface area contributed by atoms with Crippen LogP contribution < -0.4 is 10.2 Å². The molecule has 2 rings (SSSR count). The van der Waals surface area contributed by atoms with Crippen LogP contribution in [0, 0.1) is 6.92 Å². The quantitative estimate of drug-likeness (QED) is 0.845. The van der Waals surface area contributed by atoms with Gasteiger partial charge in [-0.25, -0.2) is 0 Å². The van der Waals surface area contributed by atoms with Gasteiger partial charge in [0.2, 0.25) is 0 Å². The molecule has 2 N–H and O–H groups in total. The van der Waals surface area contributed by atoms with Crippen LogP contribution in [0.4, 0.5) is 5.69 Å². The van der Waals surface area contributed by atoms with Crippen LogP contribution in [-0.2, 0) is 0 Å². The third-order valence-corrected chi connectivity index (χ3v) is 3.77. The third kappa shape index (κ3) is 2.73. The molecule has 1 aliphatic rings. The molecule has 0 radical (unpaired) electrons. The molecular weight excluding hydrogens is 236 g/mol. The molecule has 1 aromatic rings. The first-order valence-corrected chi connectivity index (χ1v) is 6.36. The lowest BCUT2D eigenvalue weighted by Gasteiger charge is -2.40. The summed E-state index contributed by atoms with van der Waals surface area (Å²) < 4.78 is 0. The molecule has 94 valence electrons. The molecule has 0 saturated carbocycles. The first kappa shape index (κ1) is 12.7. The molecule has 1 heterocycles. The molecule has 2 unspecified atom stereocenters. The van der Waals surface area contributed by atoms with Crippen LogP contribution in [0.2, 0.25) is 5.02 Å². The normalized spacial score (nSPS) is 25.1. The van der Waals surface area contributed by atoms with Crippen molar-refractivity contribution >= 4 is 17.3 Å². The number of benzene rings is 1. The Morgan fingerprint density at radius 2 is 2.29 bits per heavy atom. The van der Waals surface area contributed by atoms with Gasteiger partial charge in [-0.15, -0.1) is 0 Å². The minimum atomic E-state index is 0.145. The number of halogens is 1. The van der Waals surface area contributed by atoms with Gasteiger partial charge in [-0.05, 0) is 31.5 Å². The van der Waals surface area contributed by atoms with Crippen LogP contribution in [0.3, 0.4) is 0 Å². The predicted octanol–water partition coefficient (Wildman–Crippen LogP) is 1.81. The Bertz CT molecular complexity index is 397. The van der Waals surface area contributed by atoms with E-state index in [-0.39, 0.29) is 12.6 Å². The number of nitrogens with zero attached hydrogens (tertiary/aromatic N) is 1. The van der Waals surface area contributed by atoms with Gasteiger partial charge in [-0.2, -0.15) is 0 Å². The summed E-state index contributed by atoms with van der Waals surface area (Å²) in [5, 5.41) is 13.3. The van der Waals surface area contributed by atoms with E-state index in [1.807, 2.05) is 19.1 Å². The number of hydrogen-bond donors (Lipinski definition) is 2. The molecule has 0 spiro atoms. The SMILES string of the molecule is Cc1ccc(N2CC(CO)NCC2C)cc1Cl. The lowest BCUT2D eigenvalue weighted by molar-refractivity contribution is 0.227. The average Bonchev–Trinajstić information content (AvgIpc) is 2.33. The molecule has 1 fully saturated rings. The van der Waals surface area contributed by atoms with Gasteiger partial charge in [0, 0.05) is 35.9 Å². The topological polar surface area (TPSA) is 35.5 Å². The summed E-state index contributed by atoms with van der Waals surface area (Å²) in [5.74, 6) is 0. The molecule has 1 aromatic carbocycles. The van der Waals surface area contributed by atoms with E-state index < -0.39 is 0 Å². The highest BCUT2D eigenvalue weighted by atomic mass is 35.5. The van der Waals surface area contributed by atoms with Crippen LogP contribution in [0.1, 0.15) is 12.5 Å². The summed E-state index contributed by atoms with van der Waals surface area (Å²) in [7, 11) is 0. The fourth-order valence-electron chi connectivity index (χ4n) is 2.17. The molecule has 0 amide bonds. The van der Waals surface area contributed by atoms with Gasteiger partial charge in [0.1, 0.15) is 0 Å². The van der Waals surface area contributed by atoms with Crippen LogP contribution in [-0.4, -0.2) is 36.9 Å². The van der Waals surface area contributed by atoms with Crippen LogP contribution in [0.25, 0.3) is 0 Å². The Labute approximate surface area is 107 Å². The molecule has 0 aromatic heterocycles. The Hall–Kier alpha value is -0.770. The molecule has 1 aliphatic heterocycles. The molecule has 17 heavy (non-hydrogen) atoms. The van der Waals surface area contributed by atoms with E-state index in [2.05, 4.69) is 23.2 Å². The Kier molecular flexibility index (Phi) is 3.92. The lowest BCUT2D eigenvalue weighted by atomic mass is 10.1. The first-order valence-electron chi connectivity index (χ1n) is 5.99. The monoisotopic (exact) mass is 254 g/mol. The maximum atomic E-state index is 9.23. The van der Waals surface area contributed by atoms with Crippen molar-refractivity contribution in [2.24, 2.45) is 0 Å². The van der Waals surface area contributed by atoms with E-state index in [1.165, 1.54) is 0 Å². The minimum absolute atomic E-state index is 0.145. The Morgan fingerprint density at radius 1 is 1.53 bits per heavy atom. The van der Waals surface area contributed by atoms with Crippen molar-refractivity contribution in [3.05, 3.63) is 28.8 Å². The van der Waals surface area contributed by atoms with Gasteiger partial charge in [-0.3, -0.25) is 0 Å². The maximum Gasteiger partial charge on any atom is 0.0601 e. The van der Waals surface area contributed by atoms with Crippen molar-refractivity contribution in [1.29, 1.82) is 0 Å². The van der Waals surface area contributed by atoms with E-state index in [4.69, 9.17) is 11.6 Å². The highest BCUT2D eigenvalue weighted by Crippen LogP contribution is 2.25. The number of piperazine rings is 1. The van der Waals surface area contributed by atoms with E-state index in [9.17, 15) is 5.11 Å². The third-order valence-electron chi connectivity index (χ3n) is 3.36. The number of aryl methyl sites for hydroxylation is 1. The zero-order valence-electron chi connectivity index (χ0n) is 10.3. The summed E-state index contributed by atoms with van der Waals surface area (Å²) in [6.07, 6.45) is 0. The van der Waals surface area contributed by atoms with Gasteiger partial charge in [0.15, 0.2) is 0 Å². The number of anilines is 1. The maximum absolute atomic E-state index is 9.23. The van der Waals surface area contributed by atoms with Crippen molar-refractivity contribution in [2.45, 2.75) is 25.9 Å². The number of nitrogens with one attached hydrogen (secondary N) is 1. The van der Waals surface area contributed by atoms with Crippen molar-refractivity contribution in [2.75, 3.05) is 24.6 Å². The molecular formula is C13H19ClN2O. The minimum Gasteiger partial charge on any atom is -0.395 e. The second-order valence-corrected chi connectivity index (χ2v) is 5.13. The summed E-state index contributed by atoms with van der Waals surface area (Å²) >= 11 is 6.16.